The molecule has 0 aliphatic heterocycles. The largest absolute Gasteiger partial charge is 0.496 e. The highest BCUT2D eigenvalue weighted by atomic mass is 35.5. The van der Waals surface area contributed by atoms with Crippen LogP contribution >= 0.6 is 22.9 Å². The minimum absolute atomic E-state index is 0.0236. The molecule has 1 N–H and O–H groups in total. The first-order valence-corrected chi connectivity index (χ1v) is 12.3. The molecule has 0 spiro atoms. The topological polar surface area (TPSA) is 34.2 Å². The summed E-state index contributed by atoms with van der Waals surface area (Å²) in [7, 11) is 1.63. The molecule has 3 rings (SSSR count). The van der Waals surface area contributed by atoms with E-state index in [0.29, 0.717) is 10.6 Å². The molecule has 0 saturated carbocycles. The summed E-state index contributed by atoms with van der Waals surface area (Å²) in [6, 6.07) is 8.89. The van der Waals surface area contributed by atoms with Crippen molar-refractivity contribution in [1.29, 1.82) is 0 Å². The van der Waals surface area contributed by atoms with Crippen molar-refractivity contribution in [3.05, 3.63) is 62.7 Å². The van der Waals surface area contributed by atoms with E-state index in [9.17, 15) is 4.39 Å². The molecule has 0 radical (unpaired) electrons. The molecular formula is C27H30ClFN2OS. The van der Waals surface area contributed by atoms with Crippen LogP contribution in [0, 0.1) is 38.9 Å². The number of nitrogens with one attached hydrogen (secondary N) is 1. The molecule has 0 aliphatic carbocycles. The Bertz CT molecular complexity index is 1170. The van der Waals surface area contributed by atoms with E-state index < -0.39 is 0 Å². The summed E-state index contributed by atoms with van der Waals surface area (Å²) in [4.78, 5) is 5.86. The third kappa shape index (κ3) is 5.69. The number of unbranched alkanes of at least 4 members (excludes halogenated alkanes) is 1. The molecule has 3 aromatic rings. The molecule has 174 valence electrons. The second-order valence-electron chi connectivity index (χ2n) is 8.27. The zero-order valence-electron chi connectivity index (χ0n) is 19.8. The van der Waals surface area contributed by atoms with Gasteiger partial charge in [-0.2, -0.15) is 0 Å². The van der Waals surface area contributed by atoms with Crippen LogP contribution < -0.4 is 10.1 Å². The normalized spacial score (nSPS) is 12.8. The molecule has 0 amide bonds. The predicted octanol–water partition coefficient (Wildman–Crippen LogP) is 7.92. The van der Waals surface area contributed by atoms with E-state index in [1.165, 1.54) is 11.3 Å². The van der Waals surface area contributed by atoms with E-state index in [0.717, 1.165) is 57.4 Å². The third-order valence-electron chi connectivity index (χ3n) is 5.89. The lowest BCUT2D eigenvalue weighted by Gasteiger charge is -2.25. The minimum Gasteiger partial charge on any atom is -0.496 e. The molecule has 2 aromatic carbocycles. The Kier molecular flexibility index (Phi) is 8.40. The fourth-order valence-corrected chi connectivity index (χ4v) is 5.06. The second kappa shape index (κ2) is 11.0. The van der Waals surface area contributed by atoms with Gasteiger partial charge in [0.15, 0.2) is 5.13 Å². The Balaban J connectivity index is 1.93. The molecular weight excluding hydrogens is 455 g/mol. The second-order valence-corrected chi connectivity index (χ2v) is 9.88. The summed E-state index contributed by atoms with van der Waals surface area (Å²) in [5, 5.41) is 4.75. The number of halogens is 2. The maximum absolute atomic E-state index is 14.3. The van der Waals surface area contributed by atoms with Crippen molar-refractivity contribution in [2.75, 3.05) is 12.4 Å². The summed E-state index contributed by atoms with van der Waals surface area (Å²) >= 11 is 8.08. The molecule has 1 aromatic heterocycles. The van der Waals surface area contributed by atoms with Crippen LogP contribution in [0.5, 0.6) is 5.75 Å². The van der Waals surface area contributed by atoms with Crippen molar-refractivity contribution in [3.63, 3.8) is 0 Å². The molecule has 3 nitrogen and oxygen atoms in total. The van der Waals surface area contributed by atoms with Crippen LogP contribution in [0.3, 0.4) is 0 Å². The average Bonchev–Trinajstić information content (AvgIpc) is 3.16. The molecule has 1 heterocycles. The Morgan fingerprint density at radius 2 is 1.97 bits per heavy atom. The van der Waals surface area contributed by atoms with E-state index >= 15 is 0 Å². The number of benzene rings is 2. The maximum atomic E-state index is 14.3. The first kappa shape index (κ1) is 25.1. The van der Waals surface area contributed by atoms with Crippen LogP contribution in [0.2, 0.25) is 5.02 Å². The van der Waals surface area contributed by atoms with E-state index in [2.05, 4.69) is 18.2 Å². The van der Waals surface area contributed by atoms with Gasteiger partial charge in [-0.05, 0) is 62.1 Å². The van der Waals surface area contributed by atoms with Gasteiger partial charge in [-0.15, -0.1) is 17.8 Å². The summed E-state index contributed by atoms with van der Waals surface area (Å²) in [6.07, 6.45) is 8.87. The van der Waals surface area contributed by atoms with Crippen LogP contribution in [0.15, 0.2) is 30.3 Å². The van der Waals surface area contributed by atoms with Gasteiger partial charge in [0.2, 0.25) is 0 Å². The molecule has 33 heavy (non-hydrogen) atoms. The number of nitrogens with zero attached hydrogens (tertiary/aromatic N) is 1. The van der Waals surface area contributed by atoms with Crippen LogP contribution in [0.4, 0.5) is 9.52 Å². The average molecular weight is 485 g/mol. The van der Waals surface area contributed by atoms with Gasteiger partial charge < -0.3 is 10.1 Å². The van der Waals surface area contributed by atoms with Crippen molar-refractivity contribution < 1.29 is 9.13 Å². The van der Waals surface area contributed by atoms with Gasteiger partial charge >= 0.3 is 0 Å². The van der Waals surface area contributed by atoms with Crippen molar-refractivity contribution in [3.8, 4) is 29.4 Å². The van der Waals surface area contributed by atoms with Crippen LogP contribution in [-0.2, 0) is 0 Å². The van der Waals surface area contributed by atoms with Gasteiger partial charge in [0, 0.05) is 16.4 Å². The van der Waals surface area contributed by atoms with Crippen molar-refractivity contribution in [1.82, 2.24) is 4.98 Å². The monoisotopic (exact) mass is 484 g/mol. The highest BCUT2D eigenvalue weighted by Gasteiger charge is 2.24. The SMILES string of the molecule is C#CC(Nc1nc(-c2cc(C)c(OC)cc2Cl)c(C)s1)[C@@H](CCCC)c1ccc(C)c(F)c1. The van der Waals surface area contributed by atoms with E-state index in [4.69, 9.17) is 27.7 Å². The number of rotatable bonds is 9. The van der Waals surface area contributed by atoms with Crippen molar-refractivity contribution in [2.24, 2.45) is 0 Å². The Hall–Kier alpha value is -2.55. The molecule has 0 aliphatic rings. The number of terminal acetylenes is 1. The lowest BCUT2D eigenvalue weighted by atomic mass is 9.87. The van der Waals surface area contributed by atoms with Gasteiger partial charge in [-0.25, -0.2) is 9.37 Å². The fourth-order valence-electron chi connectivity index (χ4n) is 3.95. The van der Waals surface area contributed by atoms with Gasteiger partial charge in [0.25, 0.3) is 0 Å². The Morgan fingerprint density at radius 3 is 2.61 bits per heavy atom. The zero-order valence-corrected chi connectivity index (χ0v) is 21.3. The zero-order chi connectivity index (χ0) is 24.1. The first-order valence-electron chi connectivity index (χ1n) is 11.1. The van der Waals surface area contributed by atoms with E-state index in [1.54, 1.807) is 20.1 Å². The number of hydrogen-bond donors (Lipinski definition) is 1. The van der Waals surface area contributed by atoms with Gasteiger partial charge in [0.05, 0.1) is 23.9 Å². The maximum Gasteiger partial charge on any atom is 0.184 e. The van der Waals surface area contributed by atoms with E-state index in [-0.39, 0.29) is 17.8 Å². The molecule has 0 fully saturated rings. The minimum atomic E-state index is -0.315. The number of thiazole rings is 1. The predicted molar refractivity (Wildman–Crippen MR) is 138 cm³/mol. The third-order valence-corrected chi connectivity index (χ3v) is 7.10. The lowest BCUT2D eigenvalue weighted by molar-refractivity contribution is 0.412. The van der Waals surface area contributed by atoms with Gasteiger partial charge in [-0.1, -0.05) is 49.4 Å². The standard InChI is InChI=1S/C27H30ClFN2OS/c1-7-9-10-20(19-12-11-16(3)23(29)14-19)24(8-2)30-27-31-26(18(5)33-27)21-13-17(4)25(32-6)15-22(21)28/h2,11-15,20,24H,7,9-10H2,1,3-6H3,(H,30,31)/t20-,24?/m0/s1. The number of anilines is 1. The molecule has 2 atom stereocenters. The van der Waals surface area contributed by atoms with Crippen LogP contribution in [-0.4, -0.2) is 18.1 Å². The summed E-state index contributed by atoms with van der Waals surface area (Å²) in [5.41, 5.74) is 4.20. The van der Waals surface area contributed by atoms with Gasteiger partial charge in [0.1, 0.15) is 11.6 Å². The smallest absolute Gasteiger partial charge is 0.184 e. The van der Waals surface area contributed by atoms with Crippen molar-refractivity contribution in [2.45, 2.75) is 58.9 Å². The van der Waals surface area contributed by atoms with Gasteiger partial charge in [-0.3, -0.25) is 0 Å². The summed E-state index contributed by atoms with van der Waals surface area (Å²) in [6.45, 7) is 7.90. The van der Waals surface area contributed by atoms with Crippen LogP contribution in [0.1, 0.15) is 53.7 Å². The molecule has 0 bridgehead atoms. The summed E-state index contributed by atoms with van der Waals surface area (Å²) in [5.74, 6) is 3.40. The lowest BCUT2D eigenvalue weighted by Crippen LogP contribution is -2.26. The highest BCUT2D eigenvalue weighted by molar-refractivity contribution is 7.16. The first-order chi connectivity index (χ1) is 15.8. The number of ether oxygens (including phenoxy) is 1. The number of hydrogen-bond acceptors (Lipinski definition) is 4. The molecule has 0 saturated heterocycles. The number of methoxy groups -OCH3 is 1. The quantitative estimate of drug-likeness (QED) is 0.313. The molecule has 6 heteroatoms. The number of aryl methyl sites for hydroxylation is 3. The summed E-state index contributed by atoms with van der Waals surface area (Å²) < 4.78 is 19.7. The fraction of sp³-hybridized carbons (Fsp3) is 0.370. The van der Waals surface area contributed by atoms with Crippen LogP contribution in [0.25, 0.3) is 11.3 Å². The van der Waals surface area contributed by atoms with E-state index in [1.807, 2.05) is 38.1 Å². The van der Waals surface area contributed by atoms with Crippen molar-refractivity contribution >= 4 is 28.1 Å². The number of aromatic nitrogens is 1. The molecule has 1 unspecified atom stereocenters. The Labute approximate surface area is 205 Å². The Morgan fingerprint density at radius 1 is 1.21 bits per heavy atom. The highest BCUT2D eigenvalue weighted by Crippen LogP contribution is 2.39.